The molecule has 0 saturated heterocycles. The lowest BCUT2D eigenvalue weighted by molar-refractivity contribution is 0.177. The zero-order chi connectivity index (χ0) is 16.1. The highest BCUT2D eigenvalue weighted by Gasteiger charge is 2.16. The van der Waals surface area contributed by atoms with Crippen molar-refractivity contribution < 1.29 is 14.6 Å². The smallest absolute Gasteiger partial charge is 0.161 e. The lowest BCUT2D eigenvalue weighted by Gasteiger charge is -2.16. The third-order valence-electron chi connectivity index (χ3n) is 3.22. The Kier molecular flexibility index (Phi) is 5.89. The van der Waals surface area contributed by atoms with E-state index in [9.17, 15) is 5.11 Å². The van der Waals surface area contributed by atoms with E-state index in [-0.39, 0.29) is 6.42 Å². The zero-order valence-electron chi connectivity index (χ0n) is 12.3. The number of ether oxygens (including phenoxy) is 2. The SMILES string of the molecule is CCOc1cc(C(O)Cc2c(Cl)cncc2Cl)ccc1OC. The topological polar surface area (TPSA) is 51.6 Å². The molecular formula is C16H17Cl2NO3. The highest BCUT2D eigenvalue weighted by molar-refractivity contribution is 6.35. The summed E-state index contributed by atoms with van der Waals surface area (Å²) in [6.45, 7) is 2.40. The number of pyridine rings is 1. The van der Waals surface area contributed by atoms with Gasteiger partial charge in [-0.1, -0.05) is 29.3 Å². The van der Waals surface area contributed by atoms with Crippen LogP contribution < -0.4 is 9.47 Å². The zero-order valence-corrected chi connectivity index (χ0v) is 13.9. The van der Waals surface area contributed by atoms with E-state index in [1.165, 1.54) is 12.4 Å². The maximum absolute atomic E-state index is 10.4. The van der Waals surface area contributed by atoms with Gasteiger partial charge in [0, 0.05) is 18.8 Å². The molecule has 1 heterocycles. The first-order valence-corrected chi connectivity index (χ1v) is 7.59. The van der Waals surface area contributed by atoms with Crippen molar-refractivity contribution in [3.05, 3.63) is 51.8 Å². The van der Waals surface area contributed by atoms with Gasteiger partial charge >= 0.3 is 0 Å². The van der Waals surface area contributed by atoms with Crippen LogP contribution in [0.2, 0.25) is 10.0 Å². The quantitative estimate of drug-likeness (QED) is 0.860. The molecule has 0 spiro atoms. The molecule has 0 fully saturated rings. The van der Waals surface area contributed by atoms with E-state index >= 15 is 0 Å². The number of aliphatic hydroxyl groups excluding tert-OH is 1. The monoisotopic (exact) mass is 341 g/mol. The van der Waals surface area contributed by atoms with Gasteiger partial charge in [0.15, 0.2) is 11.5 Å². The summed E-state index contributed by atoms with van der Waals surface area (Å²) in [6.07, 6.45) is 2.55. The van der Waals surface area contributed by atoms with Crippen LogP contribution in [0.5, 0.6) is 11.5 Å². The van der Waals surface area contributed by atoms with Crippen LogP contribution in [0, 0.1) is 0 Å². The van der Waals surface area contributed by atoms with Crippen LogP contribution in [0.25, 0.3) is 0 Å². The van der Waals surface area contributed by atoms with E-state index in [2.05, 4.69) is 4.98 Å². The molecule has 2 aromatic rings. The number of methoxy groups -OCH3 is 1. The Labute approximate surface area is 139 Å². The summed E-state index contributed by atoms with van der Waals surface area (Å²) in [5.74, 6) is 1.21. The van der Waals surface area contributed by atoms with E-state index in [1.54, 1.807) is 25.3 Å². The van der Waals surface area contributed by atoms with Gasteiger partial charge in [0.25, 0.3) is 0 Å². The van der Waals surface area contributed by atoms with Gasteiger partial charge in [-0.15, -0.1) is 0 Å². The second-order valence-electron chi connectivity index (χ2n) is 4.64. The number of rotatable bonds is 6. The Morgan fingerprint density at radius 2 is 1.86 bits per heavy atom. The van der Waals surface area contributed by atoms with Crippen LogP contribution in [0.1, 0.15) is 24.2 Å². The summed E-state index contributed by atoms with van der Waals surface area (Å²) in [7, 11) is 1.57. The second kappa shape index (κ2) is 7.68. The fraction of sp³-hybridized carbons (Fsp3) is 0.312. The third-order valence-corrected chi connectivity index (χ3v) is 3.87. The average molecular weight is 342 g/mol. The van der Waals surface area contributed by atoms with Gasteiger partial charge in [-0.2, -0.15) is 0 Å². The van der Waals surface area contributed by atoms with Crippen molar-refractivity contribution in [1.82, 2.24) is 4.98 Å². The Hall–Kier alpha value is -1.49. The number of aromatic nitrogens is 1. The van der Waals surface area contributed by atoms with Gasteiger partial charge in [0.2, 0.25) is 0 Å². The molecule has 118 valence electrons. The number of benzene rings is 1. The molecule has 0 amide bonds. The highest BCUT2D eigenvalue weighted by Crippen LogP contribution is 2.33. The Morgan fingerprint density at radius 1 is 1.18 bits per heavy atom. The Bertz CT molecular complexity index is 629. The summed E-state index contributed by atoms with van der Waals surface area (Å²) >= 11 is 12.2. The molecule has 1 unspecified atom stereocenters. The molecular weight excluding hydrogens is 325 g/mol. The highest BCUT2D eigenvalue weighted by atomic mass is 35.5. The molecule has 0 aliphatic rings. The van der Waals surface area contributed by atoms with E-state index < -0.39 is 6.10 Å². The van der Waals surface area contributed by atoms with Crippen LogP contribution in [0.3, 0.4) is 0 Å². The minimum Gasteiger partial charge on any atom is -0.493 e. The van der Waals surface area contributed by atoms with Crippen molar-refractivity contribution in [2.45, 2.75) is 19.4 Å². The molecule has 1 aromatic carbocycles. The summed E-state index contributed by atoms with van der Waals surface area (Å²) in [5.41, 5.74) is 1.37. The molecule has 0 aliphatic carbocycles. The molecule has 1 aromatic heterocycles. The van der Waals surface area contributed by atoms with Gasteiger partial charge in [-0.25, -0.2) is 0 Å². The predicted molar refractivity (Wildman–Crippen MR) is 87.1 cm³/mol. The molecule has 1 atom stereocenters. The lowest BCUT2D eigenvalue weighted by atomic mass is 10.0. The average Bonchev–Trinajstić information content (AvgIpc) is 2.51. The van der Waals surface area contributed by atoms with E-state index in [1.807, 2.05) is 6.92 Å². The number of halogens is 2. The Balaban J connectivity index is 2.26. The number of aliphatic hydroxyl groups is 1. The first-order chi connectivity index (χ1) is 10.6. The lowest BCUT2D eigenvalue weighted by Crippen LogP contribution is -2.05. The summed E-state index contributed by atoms with van der Waals surface area (Å²) < 4.78 is 10.8. The van der Waals surface area contributed by atoms with Gasteiger partial charge < -0.3 is 14.6 Å². The molecule has 22 heavy (non-hydrogen) atoms. The van der Waals surface area contributed by atoms with Gasteiger partial charge in [-0.05, 0) is 30.2 Å². The molecule has 0 aliphatic heterocycles. The predicted octanol–water partition coefficient (Wildman–Crippen LogP) is 4.07. The number of nitrogens with zero attached hydrogens (tertiary/aromatic N) is 1. The van der Waals surface area contributed by atoms with E-state index in [0.717, 1.165) is 0 Å². The van der Waals surface area contributed by atoms with Crippen LogP contribution >= 0.6 is 23.2 Å². The van der Waals surface area contributed by atoms with Crippen LogP contribution in [-0.2, 0) is 6.42 Å². The molecule has 4 nitrogen and oxygen atoms in total. The fourth-order valence-corrected chi connectivity index (χ4v) is 2.63. The fourth-order valence-electron chi connectivity index (χ4n) is 2.11. The van der Waals surface area contributed by atoms with Crippen molar-refractivity contribution in [2.75, 3.05) is 13.7 Å². The normalized spacial score (nSPS) is 12.0. The first-order valence-electron chi connectivity index (χ1n) is 6.83. The first kappa shape index (κ1) is 16.9. The minimum atomic E-state index is -0.762. The van der Waals surface area contributed by atoms with Crippen LogP contribution in [0.15, 0.2) is 30.6 Å². The summed E-state index contributed by atoms with van der Waals surface area (Å²) in [5, 5.41) is 11.3. The second-order valence-corrected chi connectivity index (χ2v) is 5.46. The number of hydrogen-bond donors (Lipinski definition) is 1. The third kappa shape index (κ3) is 3.83. The molecule has 0 saturated carbocycles. The molecule has 6 heteroatoms. The number of hydrogen-bond acceptors (Lipinski definition) is 4. The minimum absolute atomic E-state index is 0.290. The van der Waals surface area contributed by atoms with Gasteiger partial charge in [-0.3, -0.25) is 4.98 Å². The van der Waals surface area contributed by atoms with Crippen LogP contribution in [-0.4, -0.2) is 23.8 Å². The molecule has 0 radical (unpaired) electrons. The van der Waals surface area contributed by atoms with E-state index in [4.69, 9.17) is 32.7 Å². The molecule has 1 N–H and O–H groups in total. The maximum Gasteiger partial charge on any atom is 0.161 e. The van der Waals surface area contributed by atoms with Crippen molar-refractivity contribution in [2.24, 2.45) is 0 Å². The van der Waals surface area contributed by atoms with Crippen LogP contribution in [0.4, 0.5) is 0 Å². The van der Waals surface area contributed by atoms with Gasteiger partial charge in [0.05, 0.1) is 29.9 Å². The summed E-state index contributed by atoms with van der Waals surface area (Å²) in [6, 6.07) is 5.31. The van der Waals surface area contributed by atoms with Gasteiger partial charge in [0.1, 0.15) is 0 Å². The van der Waals surface area contributed by atoms with Crippen molar-refractivity contribution >= 4 is 23.2 Å². The largest absolute Gasteiger partial charge is 0.493 e. The molecule has 0 bridgehead atoms. The Morgan fingerprint density at radius 3 is 2.45 bits per heavy atom. The summed E-state index contributed by atoms with van der Waals surface area (Å²) in [4.78, 5) is 3.90. The maximum atomic E-state index is 10.4. The standard InChI is InChI=1S/C16H17Cl2NO3/c1-3-22-16-6-10(4-5-15(16)21-2)14(20)7-11-12(17)8-19-9-13(11)18/h4-6,8-9,14,20H,3,7H2,1-2H3. The van der Waals surface area contributed by atoms with Crippen molar-refractivity contribution in [3.8, 4) is 11.5 Å². The van der Waals surface area contributed by atoms with Crippen molar-refractivity contribution in [3.63, 3.8) is 0 Å². The van der Waals surface area contributed by atoms with Crippen molar-refractivity contribution in [1.29, 1.82) is 0 Å². The molecule has 2 rings (SSSR count). The van der Waals surface area contributed by atoms with E-state index in [0.29, 0.717) is 39.3 Å².